The van der Waals surface area contributed by atoms with E-state index in [-0.39, 0.29) is 0 Å². The van der Waals surface area contributed by atoms with Crippen molar-refractivity contribution in [2.24, 2.45) is 0 Å². The predicted molar refractivity (Wildman–Crippen MR) is 72.0 cm³/mol. The minimum absolute atomic E-state index is 0.564. The molecule has 0 saturated heterocycles. The highest BCUT2D eigenvalue weighted by Crippen LogP contribution is 2.27. The Labute approximate surface area is 114 Å². The Morgan fingerprint density at radius 2 is 2.28 bits per heavy atom. The molecule has 1 N–H and O–H groups in total. The number of halogens is 1. The van der Waals surface area contributed by atoms with Crippen LogP contribution in [-0.4, -0.2) is 16.2 Å². The van der Waals surface area contributed by atoms with Crippen molar-refractivity contribution in [2.45, 2.75) is 32.4 Å². The zero-order valence-corrected chi connectivity index (χ0v) is 11.7. The third kappa shape index (κ3) is 2.62. The summed E-state index contributed by atoms with van der Waals surface area (Å²) in [7, 11) is 0. The second-order valence-electron chi connectivity index (χ2n) is 4.65. The van der Waals surface area contributed by atoms with Crippen molar-refractivity contribution in [1.82, 2.24) is 15.5 Å². The molecule has 0 spiro atoms. The summed E-state index contributed by atoms with van der Waals surface area (Å²) >= 11 is 3.52. The molecule has 1 aliphatic carbocycles. The van der Waals surface area contributed by atoms with Crippen molar-refractivity contribution in [3.63, 3.8) is 0 Å². The quantitative estimate of drug-likeness (QED) is 0.943. The third-order valence-corrected chi connectivity index (χ3v) is 3.61. The van der Waals surface area contributed by atoms with Gasteiger partial charge in [-0.2, -0.15) is 4.98 Å². The van der Waals surface area contributed by atoms with Gasteiger partial charge in [-0.05, 0) is 53.4 Å². The van der Waals surface area contributed by atoms with Crippen LogP contribution in [0.3, 0.4) is 0 Å². The Hall–Kier alpha value is -1.20. The first-order valence-corrected chi connectivity index (χ1v) is 6.84. The van der Waals surface area contributed by atoms with Gasteiger partial charge in [0.25, 0.3) is 5.89 Å². The molecule has 0 amide bonds. The number of nitrogens with zero attached hydrogens (tertiary/aromatic N) is 2. The van der Waals surface area contributed by atoms with E-state index in [0.29, 0.717) is 24.3 Å². The van der Waals surface area contributed by atoms with E-state index in [4.69, 9.17) is 4.52 Å². The Balaban J connectivity index is 1.78. The number of aryl methyl sites for hydroxylation is 1. The third-order valence-electron chi connectivity index (χ3n) is 2.95. The Bertz CT molecular complexity index is 563. The molecular formula is C13H14BrN3O. The van der Waals surface area contributed by atoms with Gasteiger partial charge in [0.1, 0.15) is 0 Å². The SMILES string of the molecule is Cc1ccc(-c2nc(CNC3CC3)no2)c(Br)c1. The summed E-state index contributed by atoms with van der Waals surface area (Å²) in [5.41, 5.74) is 2.13. The molecule has 1 aromatic carbocycles. The van der Waals surface area contributed by atoms with E-state index in [1.807, 2.05) is 25.1 Å². The largest absolute Gasteiger partial charge is 0.334 e. The summed E-state index contributed by atoms with van der Waals surface area (Å²) in [6.45, 7) is 2.73. The van der Waals surface area contributed by atoms with Gasteiger partial charge < -0.3 is 9.84 Å². The van der Waals surface area contributed by atoms with E-state index in [9.17, 15) is 0 Å². The molecule has 0 aliphatic heterocycles. The molecule has 2 aromatic rings. The van der Waals surface area contributed by atoms with Gasteiger partial charge in [0, 0.05) is 10.5 Å². The van der Waals surface area contributed by atoms with Crippen LogP contribution in [-0.2, 0) is 6.54 Å². The molecule has 18 heavy (non-hydrogen) atoms. The molecule has 0 radical (unpaired) electrons. The van der Waals surface area contributed by atoms with Crippen LogP contribution in [0.5, 0.6) is 0 Å². The highest BCUT2D eigenvalue weighted by molar-refractivity contribution is 9.10. The number of hydrogen-bond acceptors (Lipinski definition) is 4. The first kappa shape index (κ1) is 11.9. The Morgan fingerprint density at radius 3 is 3.00 bits per heavy atom. The van der Waals surface area contributed by atoms with Gasteiger partial charge in [-0.1, -0.05) is 11.2 Å². The van der Waals surface area contributed by atoms with E-state index >= 15 is 0 Å². The maximum absolute atomic E-state index is 5.29. The van der Waals surface area contributed by atoms with Gasteiger partial charge >= 0.3 is 0 Å². The first-order chi connectivity index (χ1) is 8.72. The average molecular weight is 308 g/mol. The number of nitrogens with one attached hydrogen (secondary N) is 1. The zero-order valence-electron chi connectivity index (χ0n) is 10.1. The highest BCUT2D eigenvalue weighted by Gasteiger charge is 2.21. The molecular weight excluding hydrogens is 294 g/mol. The minimum atomic E-state index is 0.564. The zero-order chi connectivity index (χ0) is 12.5. The first-order valence-electron chi connectivity index (χ1n) is 6.05. The van der Waals surface area contributed by atoms with Crippen LogP contribution in [0.2, 0.25) is 0 Å². The molecule has 1 saturated carbocycles. The lowest BCUT2D eigenvalue weighted by molar-refractivity contribution is 0.419. The van der Waals surface area contributed by atoms with Crippen LogP contribution in [0, 0.1) is 6.92 Å². The van der Waals surface area contributed by atoms with Crippen LogP contribution in [0.4, 0.5) is 0 Å². The van der Waals surface area contributed by atoms with E-state index in [0.717, 1.165) is 10.0 Å². The summed E-state index contributed by atoms with van der Waals surface area (Å²) < 4.78 is 6.27. The molecule has 1 aliphatic rings. The van der Waals surface area contributed by atoms with Crippen molar-refractivity contribution in [3.05, 3.63) is 34.1 Å². The van der Waals surface area contributed by atoms with E-state index in [1.54, 1.807) is 0 Å². The molecule has 5 heteroatoms. The Morgan fingerprint density at radius 1 is 1.44 bits per heavy atom. The summed E-state index contributed by atoms with van der Waals surface area (Å²) in [6, 6.07) is 6.72. The lowest BCUT2D eigenvalue weighted by Gasteiger charge is -1.99. The molecule has 0 bridgehead atoms. The molecule has 1 fully saturated rings. The topological polar surface area (TPSA) is 51.0 Å². The van der Waals surface area contributed by atoms with Crippen LogP contribution in [0.1, 0.15) is 24.2 Å². The second-order valence-corrected chi connectivity index (χ2v) is 5.51. The lowest BCUT2D eigenvalue weighted by Crippen LogP contribution is -2.16. The van der Waals surface area contributed by atoms with Gasteiger partial charge in [0.2, 0.25) is 0 Å². The summed E-state index contributed by atoms with van der Waals surface area (Å²) in [5, 5.41) is 7.35. The van der Waals surface area contributed by atoms with Crippen molar-refractivity contribution < 1.29 is 4.52 Å². The molecule has 1 aromatic heterocycles. The fourth-order valence-corrected chi connectivity index (χ4v) is 2.41. The van der Waals surface area contributed by atoms with E-state index in [1.165, 1.54) is 18.4 Å². The lowest BCUT2D eigenvalue weighted by atomic mass is 10.1. The number of hydrogen-bond donors (Lipinski definition) is 1. The minimum Gasteiger partial charge on any atom is -0.334 e. The molecule has 94 valence electrons. The standard InChI is InChI=1S/C13H14BrN3O/c1-8-2-5-10(11(14)6-8)13-16-12(17-18-13)7-15-9-3-4-9/h2,5-6,9,15H,3-4,7H2,1H3. The predicted octanol–water partition coefficient (Wildman–Crippen LogP) is 3.06. The molecule has 4 nitrogen and oxygen atoms in total. The van der Waals surface area contributed by atoms with Gasteiger partial charge in [0.05, 0.1) is 12.1 Å². The smallest absolute Gasteiger partial charge is 0.259 e. The van der Waals surface area contributed by atoms with Gasteiger partial charge in [0.15, 0.2) is 5.82 Å². The van der Waals surface area contributed by atoms with Crippen LogP contribution < -0.4 is 5.32 Å². The molecule has 3 rings (SSSR count). The number of rotatable bonds is 4. The van der Waals surface area contributed by atoms with Gasteiger partial charge in [-0.25, -0.2) is 0 Å². The monoisotopic (exact) mass is 307 g/mol. The normalized spacial score (nSPS) is 15.0. The van der Waals surface area contributed by atoms with E-state index in [2.05, 4.69) is 31.4 Å². The van der Waals surface area contributed by atoms with Crippen molar-refractivity contribution in [1.29, 1.82) is 0 Å². The molecule has 1 heterocycles. The molecule has 0 unspecified atom stereocenters. The van der Waals surface area contributed by atoms with Crippen molar-refractivity contribution >= 4 is 15.9 Å². The maximum Gasteiger partial charge on any atom is 0.259 e. The average Bonchev–Trinajstić information content (AvgIpc) is 3.05. The summed E-state index contributed by atoms with van der Waals surface area (Å²) in [4.78, 5) is 4.40. The number of benzene rings is 1. The maximum atomic E-state index is 5.29. The molecule has 0 atom stereocenters. The van der Waals surface area contributed by atoms with Crippen molar-refractivity contribution in [3.8, 4) is 11.5 Å². The Kier molecular flexibility index (Phi) is 3.18. The number of aromatic nitrogens is 2. The van der Waals surface area contributed by atoms with Crippen LogP contribution >= 0.6 is 15.9 Å². The van der Waals surface area contributed by atoms with E-state index < -0.39 is 0 Å². The fourth-order valence-electron chi connectivity index (χ4n) is 1.75. The van der Waals surface area contributed by atoms with Crippen LogP contribution in [0.25, 0.3) is 11.5 Å². The van der Waals surface area contributed by atoms with Gasteiger partial charge in [-0.15, -0.1) is 0 Å². The summed E-state index contributed by atoms with van der Waals surface area (Å²) in [5.74, 6) is 1.28. The second kappa shape index (κ2) is 4.82. The van der Waals surface area contributed by atoms with Crippen molar-refractivity contribution in [2.75, 3.05) is 0 Å². The highest BCUT2D eigenvalue weighted by atomic mass is 79.9. The summed E-state index contributed by atoms with van der Waals surface area (Å²) in [6.07, 6.45) is 2.52. The fraction of sp³-hybridized carbons (Fsp3) is 0.385. The van der Waals surface area contributed by atoms with Gasteiger partial charge in [-0.3, -0.25) is 0 Å². The van der Waals surface area contributed by atoms with Crippen LogP contribution in [0.15, 0.2) is 27.2 Å².